The fraction of sp³-hybridized carbons (Fsp3) is 0.318. The second kappa shape index (κ2) is 8.69. The summed E-state index contributed by atoms with van der Waals surface area (Å²) in [6, 6.07) is 13.1. The SMILES string of the molecule is Cc1ccc(C(=O)CCC(=O)NCCCn2c(=O)[nH]c3ccccc32)cc1C. The summed E-state index contributed by atoms with van der Waals surface area (Å²) in [7, 11) is 0. The number of ketones is 1. The number of aromatic amines is 1. The molecule has 3 rings (SSSR count). The summed E-state index contributed by atoms with van der Waals surface area (Å²) >= 11 is 0. The first-order chi connectivity index (χ1) is 13.5. The summed E-state index contributed by atoms with van der Waals surface area (Å²) in [5, 5.41) is 2.82. The van der Waals surface area contributed by atoms with E-state index in [1.807, 2.05) is 56.3 Å². The molecule has 0 fully saturated rings. The Balaban J connectivity index is 1.43. The molecule has 0 saturated carbocycles. The zero-order chi connectivity index (χ0) is 20.1. The van der Waals surface area contributed by atoms with Gasteiger partial charge in [0.15, 0.2) is 5.78 Å². The number of benzene rings is 2. The van der Waals surface area contributed by atoms with E-state index in [0.717, 1.165) is 22.2 Å². The van der Waals surface area contributed by atoms with Crippen molar-refractivity contribution in [1.29, 1.82) is 0 Å². The lowest BCUT2D eigenvalue weighted by atomic mass is 10.0. The van der Waals surface area contributed by atoms with E-state index in [9.17, 15) is 14.4 Å². The molecule has 0 aliphatic carbocycles. The van der Waals surface area contributed by atoms with E-state index < -0.39 is 0 Å². The predicted molar refractivity (Wildman–Crippen MR) is 110 cm³/mol. The van der Waals surface area contributed by atoms with Crippen molar-refractivity contribution in [2.75, 3.05) is 6.54 Å². The Morgan fingerprint density at radius 2 is 1.82 bits per heavy atom. The minimum absolute atomic E-state index is 0.0244. The van der Waals surface area contributed by atoms with E-state index in [1.54, 1.807) is 4.57 Å². The first-order valence-corrected chi connectivity index (χ1v) is 9.50. The summed E-state index contributed by atoms with van der Waals surface area (Å²) in [5.74, 6) is -0.174. The van der Waals surface area contributed by atoms with Gasteiger partial charge in [0, 0.05) is 31.5 Å². The number of hydrogen-bond donors (Lipinski definition) is 2. The minimum Gasteiger partial charge on any atom is -0.356 e. The molecule has 28 heavy (non-hydrogen) atoms. The van der Waals surface area contributed by atoms with Gasteiger partial charge in [-0.15, -0.1) is 0 Å². The van der Waals surface area contributed by atoms with Crippen LogP contribution in [-0.4, -0.2) is 27.8 Å². The second-order valence-corrected chi connectivity index (χ2v) is 7.02. The molecule has 0 radical (unpaired) electrons. The van der Waals surface area contributed by atoms with Crippen LogP contribution in [0, 0.1) is 13.8 Å². The standard InChI is InChI=1S/C22H25N3O3/c1-15-8-9-17(14-16(15)2)20(26)10-11-21(27)23-12-5-13-25-19-7-4-3-6-18(19)24-22(25)28/h3-4,6-9,14H,5,10-13H2,1-2H3,(H,23,27)(H,24,28). The third kappa shape index (κ3) is 4.57. The van der Waals surface area contributed by atoms with Gasteiger partial charge in [0.25, 0.3) is 0 Å². The van der Waals surface area contributed by atoms with Crippen molar-refractivity contribution in [3.8, 4) is 0 Å². The van der Waals surface area contributed by atoms with Crippen molar-refractivity contribution in [3.05, 3.63) is 69.6 Å². The van der Waals surface area contributed by atoms with Gasteiger partial charge in [0.05, 0.1) is 11.0 Å². The van der Waals surface area contributed by atoms with Crippen LogP contribution in [0.15, 0.2) is 47.3 Å². The van der Waals surface area contributed by atoms with E-state index >= 15 is 0 Å². The lowest BCUT2D eigenvalue weighted by Gasteiger charge is -2.07. The average Bonchev–Trinajstić information content (AvgIpc) is 3.00. The number of hydrogen-bond acceptors (Lipinski definition) is 3. The number of amides is 1. The van der Waals surface area contributed by atoms with E-state index in [1.165, 1.54) is 0 Å². The van der Waals surface area contributed by atoms with Crippen LogP contribution in [0.5, 0.6) is 0 Å². The molecule has 2 N–H and O–H groups in total. The number of imidazole rings is 1. The number of carbonyl (C=O) groups excluding carboxylic acids is 2. The van der Waals surface area contributed by atoms with Crippen molar-refractivity contribution >= 4 is 22.7 Å². The molecule has 0 aliphatic rings. The highest BCUT2D eigenvalue weighted by Crippen LogP contribution is 2.12. The van der Waals surface area contributed by atoms with Crippen LogP contribution in [0.1, 0.15) is 40.7 Å². The highest BCUT2D eigenvalue weighted by atomic mass is 16.2. The summed E-state index contributed by atoms with van der Waals surface area (Å²) < 4.78 is 1.67. The zero-order valence-electron chi connectivity index (χ0n) is 16.2. The third-order valence-electron chi connectivity index (χ3n) is 4.97. The van der Waals surface area contributed by atoms with E-state index in [-0.39, 0.29) is 30.2 Å². The number of carbonyl (C=O) groups is 2. The maximum Gasteiger partial charge on any atom is 0.326 e. The molecule has 6 heteroatoms. The Hall–Kier alpha value is -3.15. The Morgan fingerprint density at radius 3 is 2.61 bits per heavy atom. The van der Waals surface area contributed by atoms with Crippen LogP contribution >= 0.6 is 0 Å². The first-order valence-electron chi connectivity index (χ1n) is 9.50. The summed E-state index contributed by atoms with van der Waals surface area (Å²) in [4.78, 5) is 39.1. The Morgan fingerprint density at radius 1 is 1.04 bits per heavy atom. The number of fused-ring (bicyclic) bond motifs is 1. The number of Topliss-reactive ketones (excluding diaryl/α,β-unsaturated/α-hetero) is 1. The lowest BCUT2D eigenvalue weighted by molar-refractivity contribution is -0.121. The van der Waals surface area contributed by atoms with Crippen molar-refractivity contribution in [1.82, 2.24) is 14.9 Å². The molecule has 1 amide bonds. The van der Waals surface area contributed by atoms with E-state index in [4.69, 9.17) is 0 Å². The van der Waals surface area contributed by atoms with Gasteiger partial charge < -0.3 is 10.3 Å². The fourth-order valence-corrected chi connectivity index (χ4v) is 3.17. The number of H-pyrrole nitrogens is 1. The van der Waals surface area contributed by atoms with Crippen molar-refractivity contribution in [3.63, 3.8) is 0 Å². The van der Waals surface area contributed by atoms with Crippen LogP contribution < -0.4 is 11.0 Å². The summed E-state index contributed by atoms with van der Waals surface area (Å²) in [6.07, 6.45) is 0.994. The maximum atomic E-state index is 12.2. The topological polar surface area (TPSA) is 84.0 Å². The Labute approximate surface area is 163 Å². The highest BCUT2D eigenvalue weighted by molar-refractivity contribution is 5.98. The molecule has 0 bridgehead atoms. The summed E-state index contributed by atoms with van der Waals surface area (Å²) in [5.41, 5.74) is 4.38. The van der Waals surface area contributed by atoms with E-state index in [2.05, 4.69) is 10.3 Å². The van der Waals surface area contributed by atoms with Gasteiger partial charge in [0.2, 0.25) is 5.91 Å². The molecule has 0 unspecified atom stereocenters. The van der Waals surface area contributed by atoms with E-state index in [0.29, 0.717) is 25.1 Å². The molecular weight excluding hydrogens is 354 g/mol. The van der Waals surface area contributed by atoms with Crippen LogP contribution in [0.3, 0.4) is 0 Å². The van der Waals surface area contributed by atoms with Gasteiger partial charge in [-0.25, -0.2) is 4.79 Å². The van der Waals surface area contributed by atoms with Gasteiger partial charge in [-0.1, -0.05) is 24.3 Å². The van der Waals surface area contributed by atoms with Crippen LogP contribution in [0.4, 0.5) is 0 Å². The normalized spacial score (nSPS) is 10.9. The average molecular weight is 379 g/mol. The van der Waals surface area contributed by atoms with Crippen LogP contribution in [0.25, 0.3) is 11.0 Å². The molecule has 1 heterocycles. The number of rotatable bonds is 8. The molecule has 6 nitrogen and oxygen atoms in total. The molecule has 0 atom stereocenters. The molecular formula is C22H25N3O3. The van der Waals surface area contributed by atoms with Crippen LogP contribution in [-0.2, 0) is 11.3 Å². The van der Waals surface area contributed by atoms with Gasteiger partial charge in [-0.2, -0.15) is 0 Å². The summed E-state index contributed by atoms with van der Waals surface area (Å²) in [6.45, 7) is 4.95. The van der Waals surface area contributed by atoms with Gasteiger partial charge in [-0.05, 0) is 49.6 Å². The number of aromatic nitrogens is 2. The monoisotopic (exact) mass is 379 g/mol. The highest BCUT2D eigenvalue weighted by Gasteiger charge is 2.10. The van der Waals surface area contributed by atoms with Crippen molar-refractivity contribution < 1.29 is 9.59 Å². The maximum absolute atomic E-state index is 12.2. The number of nitrogens with one attached hydrogen (secondary N) is 2. The van der Waals surface area contributed by atoms with Gasteiger partial charge >= 0.3 is 5.69 Å². The molecule has 1 aromatic heterocycles. The third-order valence-corrected chi connectivity index (χ3v) is 4.97. The number of nitrogens with zero attached hydrogens (tertiary/aromatic N) is 1. The number of para-hydroxylation sites is 2. The quantitative estimate of drug-likeness (QED) is 0.466. The Kier molecular flexibility index (Phi) is 6.09. The van der Waals surface area contributed by atoms with Crippen LogP contribution in [0.2, 0.25) is 0 Å². The fourth-order valence-electron chi connectivity index (χ4n) is 3.17. The largest absolute Gasteiger partial charge is 0.356 e. The number of aryl methyl sites for hydroxylation is 3. The van der Waals surface area contributed by atoms with Crippen molar-refractivity contribution in [2.24, 2.45) is 0 Å². The molecule has 146 valence electrons. The molecule has 2 aromatic carbocycles. The smallest absolute Gasteiger partial charge is 0.326 e. The molecule has 0 saturated heterocycles. The molecule has 0 aliphatic heterocycles. The molecule has 3 aromatic rings. The zero-order valence-corrected chi connectivity index (χ0v) is 16.2. The van der Waals surface area contributed by atoms with Gasteiger partial charge in [0.1, 0.15) is 0 Å². The minimum atomic E-state index is -0.150. The first kappa shape index (κ1) is 19.6. The lowest BCUT2D eigenvalue weighted by Crippen LogP contribution is -2.26. The van der Waals surface area contributed by atoms with Gasteiger partial charge in [-0.3, -0.25) is 14.2 Å². The molecule has 0 spiro atoms. The predicted octanol–water partition coefficient (Wildman–Crippen LogP) is 3.12. The Bertz CT molecular complexity index is 1060. The second-order valence-electron chi connectivity index (χ2n) is 7.02. The van der Waals surface area contributed by atoms with Crippen molar-refractivity contribution in [2.45, 2.75) is 39.7 Å².